The van der Waals surface area contributed by atoms with Crippen LogP contribution in [0.2, 0.25) is 0 Å². The maximum absolute atomic E-state index is 11.9. The van der Waals surface area contributed by atoms with Gasteiger partial charge in [-0.05, 0) is 42.5 Å². The minimum atomic E-state index is -0.295. The number of benzene rings is 1. The fourth-order valence-corrected chi connectivity index (χ4v) is 2.64. The summed E-state index contributed by atoms with van der Waals surface area (Å²) in [7, 11) is 1.59. The highest BCUT2D eigenvalue weighted by molar-refractivity contribution is 5.94. The summed E-state index contributed by atoms with van der Waals surface area (Å²) in [6.45, 7) is 6.38. The van der Waals surface area contributed by atoms with E-state index in [0.29, 0.717) is 24.0 Å². The van der Waals surface area contributed by atoms with Crippen LogP contribution in [0, 0.1) is 5.92 Å². The van der Waals surface area contributed by atoms with Crippen molar-refractivity contribution in [3.05, 3.63) is 29.8 Å². The third-order valence-electron chi connectivity index (χ3n) is 4.06. The Morgan fingerprint density at radius 3 is 2.62 bits per heavy atom. The van der Waals surface area contributed by atoms with Crippen molar-refractivity contribution in [2.75, 3.05) is 33.4 Å². The first kappa shape index (κ1) is 19.8. The van der Waals surface area contributed by atoms with Crippen LogP contribution in [0.5, 0.6) is 11.5 Å². The van der Waals surface area contributed by atoms with Crippen molar-refractivity contribution in [2.45, 2.75) is 26.7 Å². The topological polar surface area (TPSA) is 67.9 Å². The van der Waals surface area contributed by atoms with E-state index < -0.39 is 0 Å². The van der Waals surface area contributed by atoms with E-state index in [9.17, 15) is 9.59 Å². The highest BCUT2D eigenvalue weighted by atomic mass is 16.5. The molecule has 2 amide bonds. The summed E-state index contributed by atoms with van der Waals surface area (Å²) in [5.41, 5.74) is 0.819. The molecule has 26 heavy (non-hydrogen) atoms. The van der Waals surface area contributed by atoms with Crippen LogP contribution in [-0.4, -0.2) is 50.1 Å². The van der Waals surface area contributed by atoms with E-state index in [1.54, 1.807) is 18.1 Å². The van der Waals surface area contributed by atoms with Gasteiger partial charge in [0.05, 0.1) is 20.3 Å². The van der Waals surface area contributed by atoms with Crippen molar-refractivity contribution in [3.8, 4) is 11.5 Å². The molecule has 0 saturated carbocycles. The van der Waals surface area contributed by atoms with E-state index in [1.165, 1.54) is 6.08 Å². The van der Waals surface area contributed by atoms with Crippen molar-refractivity contribution in [2.24, 2.45) is 5.92 Å². The minimum Gasteiger partial charge on any atom is -0.493 e. The van der Waals surface area contributed by atoms with Crippen LogP contribution in [0.25, 0.3) is 6.08 Å². The lowest BCUT2D eigenvalue weighted by Crippen LogP contribution is -2.38. The molecule has 0 unspecified atom stereocenters. The zero-order valence-electron chi connectivity index (χ0n) is 15.8. The average molecular weight is 360 g/mol. The molecule has 1 aromatic carbocycles. The lowest BCUT2D eigenvalue weighted by molar-refractivity contribution is -0.131. The largest absolute Gasteiger partial charge is 0.493 e. The number of nitrogens with one attached hydrogen (secondary N) is 1. The maximum atomic E-state index is 11.9. The number of rotatable bonds is 8. The molecule has 0 bridgehead atoms. The van der Waals surface area contributed by atoms with Gasteiger partial charge in [0.25, 0.3) is 0 Å². The zero-order chi connectivity index (χ0) is 18.9. The number of methoxy groups -OCH3 is 1. The highest BCUT2D eigenvalue weighted by Crippen LogP contribution is 2.28. The van der Waals surface area contributed by atoms with E-state index in [4.69, 9.17) is 9.47 Å². The first-order valence-electron chi connectivity index (χ1n) is 9.04. The molecule has 0 radical (unpaired) electrons. The molecule has 1 N–H and O–H groups in total. The first-order valence-corrected chi connectivity index (χ1v) is 9.04. The van der Waals surface area contributed by atoms with Crippen LogP contribution in [0.15, 0.2) is 24.3 Å². The number of hydrogen-bond donors (Lipinski definition) is 1. The average Bonchev–Trinajstić information content (AvgIpc) is 3.17. The summed E-state index contributed by atoms with van der Waals surface area (Å²) in [6, 6.07) is 5.50. The Kier molecular flexibility index (Phi) is 7.51. The molecule has 1 saturated heterocycles. The molecule has 6 heteroatoms. The maximum Gasteiger partial charge on any atom is 0.244 e. The molecular formula is C20H28N2O4. The van der Waals surface area contributed by atoms with Gasteiger partial charge in [0.1, 0.15) is 0 Å². The van der Waals surface area contributed by atoms with Crippen LogP contribution in [0.1, 0.15) is 32.3 Å². The van der Waals surface area contributed by atoms with Gasteiger partial charge in [-0.15, -0.1) is 0 Å². The van der Waals surface area contributed by atoms with E-state index in [-0.39, 0.29) is 18.4 Å². The van der Waals surface area contributed by atoms with E-state index in [0.717, 1.165) is 31.5 Å². The summed E-state index contributed by atoms with van der Waals surface area (Å²) in [4.78, 5) is 25.6. The molecule has 0 aliphatic carbocycles. The minimum absolute atomic E-state index is 0.0300. The van der Waals surface area contributed by atoms with E-state index >= 15 is 0 Å². The second-order valence-corrected chi connectivity index (χ2v) is 6.75. The normalized spacial score (nSPS) is 14.1. The molecule has 0 aromatic heterocycles. The summed E-state index contributed by atoms with van der Waals surface area (Å²) in [5, 5.41) is 2.63. The smallest absolute Gasteiger partial charge is 0.244 e. The van der Waals surface area contributed by atoms with Crippen LogP contribution < -0.4 is 14.8 Å². The fraction of sp³-hybridized carbons (Fsp3) is 0.500. The first-order chi connectivity index (χ1) is 12.5. The van der Waals surface area contributed by atoms with Crippen LogP contribution in [-0.2, 0) is 9.59 Å². The lowest BCUT2D eigenvalue weighted by atomic mass is 10.2. The number of likely N-dealkylation sites (tertiary alicyclic amines) is 1. The fourth-order valence-electron chi connectivity index (χ4n) is 2.64. The Morgan fingerprint density at radius 1 is 1.23 bits per heavy atom. The predicted molar refractivity (Wildman–Crippen MR) is 101 cm³/mol. The summed E-state index contributed by atoms with van der Waals surface area (Å²) in [6.07, 6.45) is 5.18. The highest BCUT2D eigenvalue weighted by Gasteiger charge is 2.17. The molecule has 2 rings (SSSR count). The van der Waals surface area contributed by atoms with Gasteiger partial charge < -0.3 is 19.7 Å². The number of hydrogen-bond acceptors (Lipinski definition) is 4. The molecule has 6 nitrogen and oxygen atoms in total. The Labute approximate surface area is 155 Å². The number of carbonyl (C=O) groups excluding carboxylic acids is 2. The predicted octanol–water partition coefficient (Wildman–Crippen LogP) is 2.48. The van der Waals surface area contributed by atoms with E-state index in [2.05, 4.69) is 19.2 Å². The molecular weight excluding hydrogens is 332 g/mol. The van der Waals surface area contributed by atoms with Crippen LogP contribution in [0.4, 0.5) is 0 Å². The van der Waals surface area contributed by atoms with Gasteiger partial charge in [-0.3, -0.25) is 9.59 Å². The zero-order valence-corrected chi connectivity index (χ0v) is 15.8. The second-order valence-electron chi connectivity index (χ2n) is 6.75. The number of ether oxygens (including phenoxy) is 2. The SMILES string of the molecule is COc1cc(/C=C/C(=O)NCC(=O)N2CCCC2)ccc1OCC(C)C. The lowest BCUT2D eigenvalue weighted by Gasteiger charge is -2.14. The Balaban J connectivity index is 1.87. The van der Waals surface area contributed by atoms with Gasteiger partial charge in [0.2, 0.25) is 11.8 Å². The van der Waals surface area contributed by atoms with Gasteiger partial charge in [0, 0.05) is 19.2 Å². The number of amides is 2. The Hall–Kier alpha value is -2.50. The van der Waals surface area contributed by atoms with Crippen molar-refractivity contribution in [1.29, 1.82) is 0 Å². The second kappa shape index (κ2) is 9.85. The van der Waals surface area contributed by atoms with Crippen molar-refractivity contribution < 1.29 is 19.1 Å². The monoisotopic (exact) mass is 360 g/mol. The number of nitrogens with zero attached hydrogens (tertiary/aromatic N) is 1. The van der Waals surface area contributed by atoms with Crippen molar-refractivity contribution in [1.82, 2.24) is 10.2 Å². The quantitative estimate of drug-likeness (QED) is 0.723. The Bertz CT molecular complexity index is 649. The number of carbonyl (C=O) groups is 2. The van der Waals surface area contributed by atoms with Gasteiger partial charge in [-0.1, -0.05) is 19.9 Å². The summed E-state index contributed by atoms with van der Waals surface area (Å²) >= 11 is 0. The van der Waals surface area contributed by atoms with Crippen LogP contribution in [0.3, 0.4) is 0 Å². The molecule has 1 aliphatic heterocycles. The third-order valence-corrected chi connectivity index (χ3v) is 4.06. The molecule has 0 spiro atoms. The van der Waals surface area contributed by atoms with Crippen molar-refractivity contribution in [3.63, 3.8) is 0 Å². The molecule has 1 heterocycles. The summed E-state index contributed by atoms with van der Waals surface area (Å²) in [5.74, 6) is 1.40. The molecule has 1 aromatic rings. The van der Waals surface area contributed by atoms with Crippen LogP contribution >= 0.6 is 0 Å². The van der Waals surface area contributed by atoms with Crippen molar-refractivity contribution >= 4 is 17.9 Å². The molecule has 1 fully saturated rings. The standard InChI is InChI=1S/C20H28N2O4/c1-15(2)14-26-17-8-6-16(12-18(17)25-3)7-9-19(23)21-13-20(24)22-10-4-5-11-22/h6-9,12,15H,4-5,10-11,13-14H2,1-3H3,(H,21,23)/b9-7+. The molecule has 142 valence electrons. The van der Waals surface area contributed by atoms with Gasteiger partial charge in [-0.2, -0.15) is 0 Å². The summed E-state index contributed by atoms with van der Waals surface area (Å²) < 4.78 is 11.1. The van der Waals surface area contributed by atoms with Gasteiger partial charge >= 0.3 is 0 Å². The molecule has 0 atom stereocenters. The third kappa shape index (κ3) is 6.10. The Morgan fingerprint density at radius 2 is 1.96 bits per heavy atom. The van der Waals surface area contributed by atoms with Gasteiger partial charge in [-0.25, -0.2) is 0 Å². The van der Waals surface area contributed by atoms with Gasteiger partial charge in [0.15, 0.2) is 11.5 Å². The van der Waals surface area contributed by atoms with E-state index in [1.807, 2.05) is 18.2 Å². The molecule has 1 aliphatic rings.